The molecule has 88 valence electrons. The maximum atomic E-state index is 11.6. The topological polar surface area (TPSA) is 70.2 Å². The van der Waals surface area contributed by atoms with Gasteiger partial charge in [-0.05, 0) is 26.0 Å². The number of hydrogen-bond donors (Lipinski definition) is 3. The van der Waals surface area contributed by atoms with E-state index in [9.17, 15) is 9.59 Å². The lowest BCUT2D eigenvalue weighted by atomic mass is 10.3. The minimum atomic E-state index is -0.240. The van der Waals surface area contributed by atoms with E-state index in [0.29, 0.717) is 9.75 Å². The normalized spacial score (nSPS) is 10.2. The van der Waals surface area contributed by atoms with Crippen LogP contribution in [0.3, 0.4) is 0 Å². The molecule has 2 amide bonds. The molecule has 3 N–H and O–H groups in total. The molecule has 0 fully saturated rings. The van der Waals surface area contributed by atoms with Gasteiger partial charge in [-0.1, -0.05) is 0 Å². The van der Waals surface area contributed by atoms with Crippen molar-refractivity contribution < 1.29 is 9.59 Å². The van der Waals surface area contributed by atoms with E-state index < -0.39 is 0 Å². The molecule has 0 atom stereocenters. The largest absolute Gasteiger partial charge is 0.349 e. The minimum Gasteiger partial charge on any atom is -0.349 e. The molecule has 0 spiro atoms. The molecule has 0 radical (unpaired) electrons. The third-order valence-corrected chi connectivity index (χ3v) is 2.79. The summed E-state index contributed by atoms with van der Waals surface area (Å²) >= 11 is 1.17. The first-order valence-electron chi connectivity index (χ1n) is 4.92. The maximum absolute atomic E-state index is 11.6. The van der Waals surface area contributed by atoms with Gasteiger partial charge in [0.2, 0.25) is 0 Å². The first-order valence-corrected chi connectivity index (χ1v) is 5.74. The Morgan fingerprint density at radius 2 is 1.75 bits per heavy atom. The Bertz CT molecular complexity index is 387. The summed E-state index contributed by atoms with van der Waals surface area (Å²) in [7, 11) is 1.61. The van der Waals surface area contributed by atoms with Crippen molar-refractivity contribution in [2.45, 2.75) is 19.9 Å². The summed E-state index contributed by atoms with van der Waals surface area (Å²) in [5, 5.41) is 2.77. The van der Waals surface area contributed by atoms with Crippen LogP contribution >= 0.6 is 11.3 Å². The number of amides is 2. The molecule has 1 aromatic rings. The number of thiophene rings is 1. The Labute approximate surface area is 98.2 Å². The van der Waals surface area contributed by atoms with Gasteiger partial charge in [0, 0.05) is 13.1 Å². The molecule has 1 aromatic heterocycles. The Kier molecular flexibility index (Phi) is 4.45. The molecule has 6 heteroatoms. The zero-order valence-corrected chi connectivity index (χ0v) is 10.3. The summed E-state index contributed by atoms with van der Waals surface area (Å²) in [6.07, 6.45) is 0. The van der Waals surface area contributed by atoms with Crippen LogP contribution in [0.4, 0.5) is 0 Å². The van der Waals surface area contributed by atoms with E-state index in [1.54, 1.807) is 19.2 Å². The maximum Gasteiger partial charge on any atom is 0.275 e. The second-order valence-electron chi connectivity index (χ2n) is 3.50. The summed E-state index contributed by atoms with van der Waals surface area (Å²) in [6.45, 7) is 3.78. The van der Waals surface area contributed by atoms with Gasteiger partial charge in [-0.25, -0.2) is 5.43 Å². The molecule has 0 aliphatic heterocycles. The minimum absolute atomic E-state index is 0.0872. The van der Waals surface area contributed by atoms with Crippen molar-refractivity contribution in [3.05, 3.63) is 21.9 Å². The molecule has 0 saturated carbocycles. The van der Waals surface area contributed by atoms with Gasteiger partial charge in [0.1, 0.15) is 0 Å². The SMILES string of the molecule is CNNC(=O)c1ccc(C(=O)NC(C)C)s1. The van der Waals surface area contributed by atoms with E-state index in [2.05, 4.69) is 16.2 Å². The third kappa shape index (κ3) is 3.32. The highest BCUT2D eigenvalue weighted by atomic mass is 32.1. The van der Waals surface area contributed by atoms with Gasteiger partial charge in [-0.2, -0.15) is 0 Å². The molecule has 0 aliphatic rings. The van der Waals surface area contributed by atoms with Gasteiger partial charge in [0.05, 0.1) is 9.75 Å². The molecule has 5 nitrogen and oxygen atoms in total. The predicted molar refractivity (Wildman–Crippen MR) is 63.4 cm³/mol. The number of nitrogens with one attached hydrogen (secondary N) is 3. The second kappa shape index (κ2) is 5.62. The average molecular weight is 241 g/mol. The molecular formula is C10H15N3O2S. The van der Waals surface area contributed by atoms with Crippen LogP contribution in [0.2, 0.25) is 0 Å². The lowest BCUT2D eigenvalue weighted by molar-refractivity contribution is 0.0937. The molecule has 1 rings (SSSR count). The Morgan fingerprint density at radius 3 is 2.25 bits per heavy atom. The summed E-state index contributed by atoms with van der Waals surface area (Å²) in [6, 6.07) is 3.36. The van der Waals surface area contributed by atoms with Crippen molar-refractivity contribution in [3.63, 3.8) is 0 Å². The molecule has 0 unspecified atom stereocenters. The zero-order valence-electron chi connectivity index (χ0n) is 9.46. The fourth-order valence-electron chi connectivity index (χ4n) is 1.09. The van der Waals surface area contributed by atoms with Crippen LogP contribution in [0.25, 0.3) is 0 Å². The van der Waals surface area contributed by atoms with E-state index in [1.165, 1.54) is 11.3 Å². The van der Waals surface area contributed by atoms with Gasteiger partial charge < -0.3 is 5.32 Å². The van der Waals surface area contributed by atoms with Gasteiger partial charge in [0.25, 0.3) is 11.8 Å². The highest BCUT2D eigenvalue weighted by Crippen LogP contribution is 2.16. The number of carbonyl (C=O) groups excluding carboxylic acids is 2. The summed E-state index contributed by atoms with van der Waals surface area (Å²) in [5.41, 5.74) is 4.99. The monoisotopic (exact) mass is 241 g/mol. The number of hydrogen-bond acceptors (Lipinski definition) is 4. The first-order chi connectivity index (χ1) is 7.54. The Balaban J connectivity index is 2.71. The summed E-state index contributed by atoms with van der Waals surface area (Å²) in [5.74, 6) is -0.389. The highest BCUT2D eigenvalue weighted by molar-refractivity contribution is 7.15. The molecule has 0 aliphatic carbocycles. The lowest BCUT2D eigenvalue weighted by Crippen LogP contribution is -2.33. The van der Waals surface area contributed by atoms with Crippen LogP contribution in [-0.2, 0) is 0 Å². The molecule has 0 bridgehead atoms. The van der Waals surface area contributed by atoms with Crippen molar-refractivity contribution in [3.8, 4) is 0 Å². The van der Waals surface area contributed by atoms with Crippen molar-refractivity contribution in [2.75, 3.05) is 7.05 Å². The number of hydrazine groups is 1. The van der Waals surface area contributed by atoms with Crippen molar-refractivity contribution in [1.82, 2.24) is 16.2 Å². The number of rotatable bonds is 4. The summed E-state index contributed by atoms with van der Waals surface area (Å²) < 4.78 is 0. The molecule has 1 heterocycles. The van der Waals surface area contributed by atoms with Crippen LogP contribution in [0.1, 0.15) is 33.2 Å². The van der Waals surface area contributed by atoms with Crippen molar-refractivity contribution >= 4 is 23.2 Å². The quantitative estimate of drug-likeness (QED) is 0.681. The highest BCUT2D eigenvalue weighted by Gasteiger charge is 2.13. The number of carbonyl (C=O) groups is 2. The molecule has 16 heavy (non-hydrogen) atoms. The Morgan fingerprint density at radius 1 is 1.19 bits per heavy atom. The van der Waals surface area contributed by atoms with Crippen LogP contribution in [0, 0.1) is 0 Å². The first kappa shape index (κ1) is 12.7. The van der Waals surface area contributed by atoms with Crippen LogP contribution in [-0.4, -0.2) is 24.9 Å². The van der Waals surface area contributed by atoms with Gasteiger partial charge in [0.15, 0.2) is 0 Å². The van der Waals surface area contributed by atoms with Gasteiger partial charge in [-0.15, -0.1) is 11.3 Å². The second-order valence-corrected chi connectivity index (χ2v) is 4.58. The Hall–Kier alpha value is -1.40. The van der Waals surface area contributed by atoms with E-state index in [1.807, 2.05) is 13.8 Å². The smallest absolute Gasteiger partial charge is 0.275 e. The van der Waals surface area contributed by atoms with Gasteiger partial charge in [-0.3, -0.25) is 15.0 Å². The fraction of sp³-hybridized carbons (Fsp3) is 0.400. The van der Waals surface area contributed by atoms with Crippen molar-refractivity contribution in [1.29, 1.82) is 0 Å². The van der Waals surface area contributed by atoms with Gasteiger partial charge >= 0.3 is 0 Å². The molecular weight excluding hydrogens is 226 g/mol. The van der Waals surface area contributed by atoms with Crippen LogP contribution in [0.5, 0.6) is 0 Å². The van der Waals surface area contributed by atoms with E-state index in [-0.39, 0.29) is 17.9 Å². The van der Waals surface area contributed by atoms with Crippen LogP contribution < -0.4 is 16.2 Å². The zero-order chi connectivity index (χ0) is 12.1. The fourth-order valence-corrected chi connectivity index (χ4v) is 1.89. The summed E-state index contributed by atoms with van der Waals surface area (Å²) in [4.78, 5) is 24.0. The van der Waals surface area contributed by atoms with E-state index >= 15 is 0 Å². The standard InChI is InChI=1S/C10H15N3O2S/c1-6(2)12-9(14)7-4-5-8(16-7)10(15)13-11-3/h4-6,11H,1-3H3,(H,12,14)(H,13,15). The van der Waals surface area contributed by atoms with E-state index in [4.69, 9.17) is 0 Å². The van der Waals surface area contributed by atoms with E-state index in [0.717, 1.165) is 0 Å². The lowest BCUT2D eigenvalue weighted by Gasteiger charge is -2.05. The van der Waals surface area contributed by atoms with Crippen molar-refractivity contribution in [2.24, 2.45) is 0 Å². The predicted octanol–water partition coefficient (Wildman–Crippen LogP) is 0.750. The average Bonchev–Trinajstić information content (AvgIpc) is 2.65. The third-order valence-electron chi connectivity index (χ3n) is 1.71. The van der Waals surface area contributed by atoms with Crippen LogP contribution in [0.15, 0.2) is 12.1 Å². The molecule has 0 saturated heterocycles. The molecule has 0 aromatic carbocycles.